The van der Waals surface area contributed by atoms with Crippen molar-refractivity contribution in [2.24, 2.45) is 0 Å². The fourth-order valence-corrected chi connectivity index (χ4v) is 4.22. The van der Waals surface area contributed by atoms with Crippen molar-refractivity contribution in [1.82, 2.24) is 0 Å². The minimum atomic E-state index is -0.703. The summed E-state index contributed by atoms with van der Waals surface area (Å²) in [7, 11) is 0. The second-order valence-electron chi connectivity index (χ2n) is 3.82. The van der Waals surface area contributed by atoms with E-state index in [1.807, 2.05) is 6.92 Å². The zero-order chi connectivity index (χ0) is 15.3. The van der Waals surface area contributed by atoms with Gasteiger partial charge >= 0.3 is 0 Å². The largest absolute Gasteiger partial charge is 0.394 e. The summed E-state index contributed by atoms with van der Waals surface area (Å²) < 4.78 is 14.4. The lowest BCUT2D eigenvalue weighted by atomic mass is 10.1. The molecule has 0 amide bonds. The van der Waals surface area contributed by atoms with Crippen LogP contribution in [0.2, 0.25) is 0 Å². The number of rotatable bonds is 7. The molecule has 0 spiro atoms. The topological polar surface area (TPSA) is 58.9 Å². The van der Waals surface area contributed by atoms with Crippen LogP contribution in [0.5, 0.6) is 0 Å². The van der Waals surface area contributed by atoms with Crippen molar-refractivity contribution >= 4 is 63.7 Å². The Labute approximate surface area is 151 Å². The number of aliphatic hydroxyl groups excluding tert-OH is 2. The monoisotopic (exact) mass is 538 g/mol. The molecule has 0 bridgehead atoms. The number of benzene rings is 1. The van der Waals surface area contributed by atoms with E-state index >= 15 is 0 Å². The van der Waals surface area contributed by atoms with Crippen molar-refractivity contribution in [1.29, 1.82) is 0 Å². The van der Waals surface area contributed by atoms with Crippen LogP contribution in [0.25, 0.3) is 0 Å². The molecule has 0 saturated heterocycles. The van der Waals surface area contributed by atoms with Gasteiger partial charge in [0.15, 0.2) is 6.29 Å². The summed E-state index contributed by atoms with van der Waals surface area (Å²) in [6, 6.07) is 0. The van der Waals surface area contributed by atoms with E-state index in [0.717, 1.165) is 29.0 Å². The molecule has 0 aliphatic heterocycles. The quantitative estimate of drug-likeness (QED) is 0.404. The minimum absolute atomic E-state index is 0.109. The van der Waals surface area contributed by atoms with Crippen LogP contribution in [0.15, 0.2) is 17.9 Å². The van der Waals surface area contributed by atoms with E-state index < -0.39 is 6.29 Å². The second kappa shape index (κ2) is 9.19. The molecule has 1 aromatic carbocycles. The van der Waals surface area contributed by atoms with Crippen LogP contribution in [0, 0.1) is 6.92 Å². The van der Waals surface area contributed by atoms with Gasteiger partial charge < -0.3 is 19.7 Å². The first-order valence-corrected chi connectivity index (χ1v) is 8.90. The van der Waals surface area contributed by atoms with Gasteiger partial charge in [0.1, 0.15) is 0 Å². The minimum Gasteiger partial charge on any atom is -0.394 e. The predicted molar refractivity (Wildman–Crippen MR) is 90.8 cm³/mol. The standard InChI is InChI=1S/C12H14Br4O4/c1-6-8(13)10(15)7(11(16)9(6)14)12(19-4-2-17)20-5-3-18/h12,17-18H,2-5H2,1H3. The Hall–Kier alpha value is 0.980. The van der Waals surface area contributed by atoms with Crippen LogP contribution in [0.1, 0.15) is 17.4 Å². The molecular formula is C12H14Br4O4. The highest BCUT2D eigenvalue weighted by Gasteiger charge is 2.24. The van der Waals surface area contributed by atoms with Gasteiger partial charge in [0.25, 0.3) is 0 Å². The summed E-state index contributed by atoms with van der Waals surface area (Å²) in [6.07, 6.45) is -0.703. The maximum absolute atomic E-state index is 8.91. The van der Waals surface area contributed by atoms with Gasteiger partial charge in [0.2, 0.25) is 0 Å². The summed E-state index contributed by atoms with van der Waals surface area (Å²) in [4.78, 5) is 0. The van der Waals surface area contributed by atoms with E-state index in [9.17, 15) is 0 Å². The molecule has 2 N–H and O–H groups in total. The van der Waals surface area contributed by atoms with Gasteiger partial charge in [-0.3, -0.25) is 0 Å². The lowest BCUT2D eigenvalue weighted by Crippen LogP contribution is -2.15. The molecule has 0 atom stereocenters. The van der Waals surface area contributed by atoms with Crippen molar-refractivity contribution in [3.8, 4) is 0 Å². The number of aliphatic hydroxyl groups is 2. The highest BCUT2D eigenvalue weighted by Crippen LogP contribution is 2.44. The Balaban J connectivity index is 3.24. The smallest absolute Gasteiger partial charge is 0.186 e. The number of ether oxygens (including phenoxy) is 2. The van der Waals surface area contributed by atoms with Crippen LogP contribution >= 0.6 is 63.7 Å². The van der Waals surface area contributed by atoms with E-state index in [0.29, 0.717) is 0 Å². The zero-order valence-electron chi connectivity index (χ0n) is 10.6. The zero-order valence-corrected chi connectivity index (χ0v) is 17.0. The van der Waals surface area contributed by atoms with Gasteiger partial charge in [-0.1, -0.05) is 0 Å². The Bertz CT molecular complexity index is 430. The highest BCUT2D eigenvalue weighted by atomic mass is 79.9. The molecule has 0 radical (unpaired) electrons. The van der Waals surface area contributed by atoms with Crippen molar-refractivity contribution in [2.45, 2.75) is 13.2 Å². The van der Waals surface area contributed by atoms with E-state index in [2.05, 4.69) is 63.7 Å². The van der Waals surface area contributed by atoms with Crippen molar-refractivity contribution < 1.29 is 19.7 Å². The molecule has 20 heavy (non-hydrogen) atoms. The normalized spacial score (nSPS) is 11.4. The third-order valence-electron chi connectivity index (χ3n) is 2.47. The van der Waals surface area contributed by atoms with E-state index in [1.165, 1.54) is 0 Å². The van der Waals surface area contributed by atoms with Crippen molar-refractivity contribution in [3.63, 3.8) is 0 Å². The van der Waals surface area contributed by atoms with Gasteiger partial charge in [-0.15, -0.1) is 0 Å². The second-order valence-corrected chi connectivity index (χ2v) is 6.99. The third-order valence-corrected chi connectivity index (χ3v) is 7.17. The van der Waals surface area contributed by atoms with Gasteiger partial charge in [0.05, 0.1) is 26.4 Å². The van der Waals surface area contributed by atoms with Gasteiger partial charge in [-0.2, -0.15) is 0 Å². The number of hydrogen-bond donors (Lipinski definition) is 2. The molecule has 114 valence electrons. The fraction of sp³-hybridized carbons (Fsp3) is 0.500. The average Bonchev–Trinajstić information content (AvgIpc) is 2.45. The lowest BCUT2D eigenvalue weighted by Gasteiger charge is -2.23. The van der Waals surface area contributed by atoms with Crippen molar-refractivity contribution in [2.75, 3.05) is 26.4 Å². The Morgan fingerprint density at radius 2 is 1.25 bits per heavy atom. The van der Waals surface area contributed by atoms with E-state index in [-0.39, 0.29) is 26.4 Å². The average molecular weight is 542 g/mol. The van der Waals surface area contributed by atoms with Crippen LogP contribution in [-0.2, 0) is 9.47 Å². The van der Waals surface area contributed by atoms with Crippen LogP contribution < -0.4 is 0 Å². The summed E-state index contributed by atoms with van der Waals surface area (Å²) in [5, 5.41) is 17.8. The number of hydrogen-bond acceptors (Lipinski definition) is 4. The summed E-state index contributed by atoms with van der Waals surface area (Å²) in [5.74, 6) is 0. The maximum atomic E-state index is 8.91. The number of halogens is 4. The fourth-order valence-electron chi connectivity index (χ4n) is 1.50. The summed E-state index contributed by atoms with van der Waals surface area (Å²) in [6.45, 7) is 2.02. The molecule has 0 fully saturated rings. The predicted octanol–water partition coefficient (Wildman–Crippen LogP) is 4.06. The Kier molecular flexibility index (Phi) is 8.75. The molecule has 0 unspecified atom stereocenters. The molecule has 8 heteroatoms. The SMILES string of the molecule is Cc1c(Br)c(Br)c(C(OCCO)OCCO)c(Br)c1Br. The molecule has 0 aliphatic rings. The van der Waals surface area contributed by atoms with Gasteiger partial charge in [-0.25, -0.2) is 0 Å². The van der Waals surface area contributed by atoms with Gasteiger partial charge in [0, 0.05) is 23.5 Å². The van der Waals surface area contributed by atoms with Gasteiger partial charge in [-0.05, 0) is 76.2 Å². The first kappa shape index (κ1) is 19.0. The third kappa shape index (κ3) is 4.49. The van der Waals surface area contributed by atoms with Crippen LogP contribution in [0.4, 0.5) is 0 Å². The Morgan fingerprint density at radius 1 is 0.850 bits per heavy atom. The molecular weight excluding hydrogens is 528 g/mol. The molecule has 0 aromatic heterocycles. The molecule has 0 saturated carbocycles. The first-order valence-electron chi connectivity index (χ1n) is 5.73. The van der Waals surface area contributed by atoms with E-state index in [4.69, 9.17) is 19.7 Å². The van der Waals surface area contributed by atoms with Crippen LogP contribution in [-0.4, -0.2) is 36.6 Å². The lowest BCUT2D eigenvalue weighted by molar-refractivity contribution is -0.157. The molecule has 4 nitrogen and oxygen atoms in total. The Morgan fingerprint density at radius 3 is 1.60 bits per heavy atom. The molecule has 1 aromatic rings. The van der Waals surface area contributed by atoms with Crippen molar-refractivity contribution in [3.05, 3.63) is 29.0 Å². The molecule has 0 aliphatic carbocycles. The van der Waals surface area contributed by atoms with E-state index in [1.54, 1.807) is 0 Å². The highest BCUT2D eigenvalue weighted by molar-refractivity contribution is 9.14. The summed E-state index contributed by atoms with van der Waals surface area (Å²) in [5.41, 5.74) is 1.77. The molecule has 0 heterocycles. The maximum Gasteiger partial charge on any atom is 0.186 e. The first-order chi connectivity index (χ1) is 9.45. The summed E-state index contributed by atoms with van der Waals surface area (Å²) >= 11 is 14.1. The molecule has 1 rings (SSSR count). The van der Waals surface area contributed by atoms with Crippen LogP contribution in [0.3, 0.4) is 0 Å².